The molecule has 0 rings (SSSR count). The fourth-order valence-corrected chi connectivity index (χ4v) is 2.26. The van der Waals surface area contributed by atoms with Crippen LogP contribution in [0.5, 0.6) is 0 Å². The summed E-state index contributed by atoms with van der Waals surface area (Å²) in [6, 6.07) is 0. The van der Waals surface area contributed by atoms with Crippen molar-refractivity contribution in [1.82, 2.24) is 0 Å². The summed E-state index contributed by atoms with van der Waals surface area (Å²) < 4.78 is 5.38. The Kier molecular flexibility index (Phi) is 7.44. The molecule has 0 saturated carbocycles. The van der Waals surface area contributed by atoms with Gasteiger partial charge in [-0.25, -0.2) is 0 Å². The molecule has 0 radical (unpaired) electrons. The third kappa shape index (κ3) is 3.80. The van der Waals surface area contributed by atoms with Gasteiger partial charge in [-0.05, 0) is 25.7 Å². The van der Waals surface area contributed by atoms with Gasteiger partial charge in [-0.1, -0.05) is 47.0 Å². The smallest absolute Gasteiger partial charge is 0.312 e. The molecule has 0 aliphatic heterocycles. The van der Waals surface area contributed by atoms with Gasteiger partial charge in [0.15, 0.2) is 0 Å². The highest BCUT2D eigenvalue weighted by Crippen LogP contribution is 2.37. The first-order valence-corrected chi connectivity index (χ1v) is 6.73. The van der Waals surface area contributed by atoms with Gasteiger partial charge in [0, 0.05) is 0 Å². The Labute approximate surface area is 101 Å². The van der Waals surface area contributed by atoms with Crippen LogP contribution < -0.4 is 0 Å². The second-order valence-corrected chi connectivity index (χ2v) is 4.77. The molecule has 0 fully saturated rings. The molecule has 0 saturated heterocycles. The fourth-order valence-electron chi connectivity index (χ4n) is 2.26. The Morgan fingerprint density at radius 1 is 1.19 bits per heavy atom. The Balaban J connectivity index is 4.48. The van der Waals surface area contributed by atoms with Crippen LogP contribution >= 0.6 is 0 Å². The maximum atomic E-state index is 12.1. The number of hydrogen-bond donors (Lipinski definition) is 0. The quantitative estimate of drug-likeness (QED) is 0.460. The third-order valence-corrected chi connectivity index (χ3v) is 3.82. The number of carbonyl (C=O) groups excluding carboxylic acids is 1. The van der Waals surface area contributed by atoms with Gasteiger partial charge in [-0.2, -0.15) is 0 Å². The van der Waals surface area contributed by atoms with Gasteiger partial charge in [0.05, 0.1) is 12.0 Å². The molecule has 0 heterocycles. The summed E-state index contributed by atoms with van der Waals surface area (Å²) in [6.07, 6.45) is 4.99. The number of esters is 1. The van der Waals surface area contributed by atoms with Gasteiger partial charge in [-0.3, -0.25) is 4.79 Å². The van der Waals surface area contributed by atoms with E-state index in [-0.39, 0.29) is 11.4 Å². The first-order valence-electron chi connectivity index (χ1n) is 6.73. The van der Waals surface area contributed by atoms with Gasteiger partial charge < -0.3 is 4.74 Å². The highest BCUT2D eigenvalue weighted by molar-refractivity contribution is 5.76. The Hall–Kier alpha value is -0.530. The van der Waals surface area contributed by atoms with E-state index in [9.17, 15) is 4.79 Å². The maximum Gasteiger partial charge on any atom is 0.312 e. The van der Waals surface area contributed by atoms with Crippen LogP contribution in [0.3, 0.4) is 0 Å². The first-order chi connectivity index (χ1) is 7.56. The van der Waals surface area contributed by atoms with Gasteiger partial charge in [-0.15, -0.1) is 0 Å². The van der Waals surface area contributed by atoms with Crippen molar-refractivity contribution in [3.63, 3.8) is 0 Å². The summed E-state index contributed by atoms with van der Waals surface area (Å²) in [6.45, 7) is 11.1. The summed E-state index contributed by atoms with van der Waals surface area (Å²) in [7, 11) is 0. The normalized spacial score (nSPS) is 14.9. The molecule has 16 heavy (non-hydrogen) atoms. The number of hydrogen-bond acceptors (Lipinski definition) is 2. The maximum absolute atomic E-state index is 12.1. The topological polar surface area (TPSA) is 26.3 Å². The predicted octanol–water partition coefficient (Wildman–Crippen LogP) is 4.18. The zero-order valence-corrected chi connectivity index (χ0v) is 11.6. The van der Waals surface area contributed by atoms with Gasteiger partial charge in [0.25, 0.3) is 0 Å². The van der Waals surface area contributed by atoms with Crippen LogP contribution in [0.25, 0.3) is 0 Å². The van der Waals surface area contributed by atoms with Crippen LogP contribution in [-0.2, 0) is 9.53 Å². The van der Waals surface area contributed by atoms with E-state index in [1.165, 1.54) is 0 Å². The molecule has 2 heteroatoms. The SMILES string of the molecule is CCCCOC(=O)C(C)(CC)C(CC)CC. The molecule has 0 amide bonds. The van der Waals surface area contributed by atoms with E-state index in [2.05, 4.69) is 34.6 Å². The van der Waals surface area contributed by atoms with E-state index < -0.39 is 0 Å². The molecule has 96 valence electrons. The monoisotopic (exact) mass is 228 g/mol. The van der Waals surface area contributed by atoms with Crippen LogP contribution in [-0.4, -0.2) is 12.6 Å². The molecule has 0 aromatic rings. The molecule has 0 spiro atoms. The number of ether oxygens (including phenoxy) is 1. The predicted molar refractivity (Wildman–Crippen MR) is 68.3 cm³/mol. The fraction of sp³-hybridized carbons (Fsp3) is 0.929. The second kappa shape index (κ2) is 7.70. The van der Waals surface area contributed by atoms with E-state index in [1.54, 1.807) is 0 Å². The van der Waals surface area contributed by atoms with E-state index in [1.807, 2.05) is 0 Å². The van der Waals surface area contributed by atoms with Crippen molar-refractivity contribution in [2.24, 2.45) is 11.3 Å². The molecular weight excluding hydrogens is 200 g/mol. The molecular formula is C14H28O2. The third-order valence-electron chi connectivity index (χ3n) is 3.82. The number of carbonyl (C=O) groups is 1. The lowest BCUT2D eigenvalue weighted by Gasteiger charge is -2.33. The lowest BCUT2D eigenvalue weighted by molar-refractivity contribution is -0.159. The highest BCUT2D eigenvalue weighted by atomic mass is 16.5. The van der Waals surface area contributed by atoms with Crippen LogP contribution in [0.1, 0.15) is 66.7 Å². The van der Waals surface area contributed by atoms with Crippen molar-refractivity contribution in [3.05, 3.63) is 0 Å². The Bertz CT molecular complexity index is 197. The first kappa shape index (κ1) is 15.5. The molecule has 0 aliphatic rings. The van der Waals surface area contributed by atoms with Crippen molar-refractivity contribution in [2.45, 2.75) is 66.7 Å². The molecule has 0 aromatic heterocycles. The molecule has 0 aliphatic carbocycles. The largest absolute Gasteiger partial charge is 0.465 e. The van der Waals surface area contributed by atoms with Crippen LogP contribution in [0.15, 0.2) is 0 Å². The van der Waals surface area contributed by atoms with Gasteiger partial charge in [0.1, 0.15) is 0 Å². The molecule has 2 nitrogen and oxygen atoms in total. The Morgan fingerprint density at radius 3 is 2.12 bits per heavy atom. The summed E-state index contributed by atoms with van der Waals surface area (Å²) in [5, 5.41) is 0. The molecule has 1 unspecified atom stereocenters. The van der Waals surface area contributed by atoms with Crippen molar-refractivity contribution in [1.29, 1.82) is 0 Å². The van der Waals surface area contributed by atoms with Crippen molar-refractivity contribution in [3.8, 4) is 0 Å². The van der Waals surface area contributed by atoms with Crippen LogP contribution in [0.2, 0.25) is 0 Å². The van der Waals surface area contributed by atoms with E-state index in [0.717, 1.165) is 32.1 Å². The second-order valence-electron chi connectivity index (χ2n) is 4.77. The molecule has 0 bridgehead atoms. The minimum absolute atomic E-state index is 0.00264. The lowest BCUT2D eigenvalue weighted by Crippen LogP contribution is -2.36. The van der Waals surface area contributed by atoms with E-state index in [4.69, 9.17) is 4.74 Å². The van der Waals surface area contributed by atoms with Crippen molar-refractivity contribution < 1.29 is 9.53 Å². The molecule has 1 atom stereocenters. The summed E-state index contributed by atoms with van der Waals surface area (Å²) in [4.78, 5) is 12.1. The summed E-state index contributed by atoms with van der Waals surface area (Å²) in [5.41, 5.74) is -0.294. The zero-order chi connectivity index (χ0) is 12.6. The summed E-state index contributed by atoms with van der Waals surface area (Å²) in [5.74, 6) is 0.434. The highest BCUT2D eigenvalue weighted by Gasteiger charge is 2.39. The van der Waals surface area contributed by atoms with Gasteiger partial charge >= 0.3 is 5.97 Å². The molecule has 0 N–H and O–H groups in total. The van der Waals surface area contributed by atoms with E-state index in [0.29, 0.717) is 12.5 Å². The average molecular weight is 228 g/mol. The van der Waals surface area contributed by atoms with E-state index >= 15 is 0 Å². The van der Waals surface area contributed by atoms with Gasteiger partial charge in [0.2, 0.25) is 0 Å². The standard InChI is InChI=1S/C14H28O2/c1-6-10-11-16-13(15)14(5,9-4)12(7-2)8-3/h12H,6-11H2,1-5H3. The van der Waals surface area contributed by atoms with Crippen molar-refractivity contribution in [2.75, 3.05) is 6.61 Å². The minimum atomic E-state index is -0.294. The lowest BCUT2D eigenvalue weighted by atomic mass is 9.72. The average Bonchev–Trinajstić information content (AvgIpc) is 2.30. The molecule has 0 aromatic carbocycles. The minimum Gasteiger partial charge on any atom is -0.465 e. The van der Waals surface area contributed by atoms with Crippen molar-refractivity contribution >= 4 is 5.97 Å². The van der Waals surface area contributed by atoms with Crippen LogP contribution in [0.4, 0.5) is 0 Å². The zero-order valence-electron chi connectivity index (χ0n) is 11.6. The summed E-state index contributed by atoms with van der Waals surface area (Å²) >= 11 is 0. The van der Waals surface area contributed by atoms with Crippen LogP contribution in [0, 0.1) is 11.3 Å². The number of rotatable bonds is 8. The Morgan fingerprint density at radius 2 is 1.75 bits per heavy atom. The number of unbranched alkanes of at least 4 members (excludes halogenated alkanes) is 1.